The van der Waals surface area contributed by atoms with Crippen molar-refractivity contribution in [3.63, 3.8) is 0 Å². The van der Waals surface area contributed by atoms with Crippen LogP contribution in [0.25, 0.3) is 0 Å². The minimum absolute atomic E-state index is 0.0223. The molecule has 2 aromatic carbocycles. The van der Waals surface area contributed by atoms with E-state index in [2.05, 4.69) is 16.9 Å². The zero-order chi connectivity index (χ0) is 21.0. The molecular weight excluding hydrogens is 402 g/mol. The maximum atomic E-state index is 14.0. The van der Waals surface area contributed by atoms with Crippen molar-refractivity contribution in [2.45, 2.75) is 24.6 Å². The number of amides is 1. The second kappa shape index (κ2) is 6.74. The fourth-order valence-electron chi connectivity index (χ4n) is 5.12. The van der Waals surface area contributed by atoms with Crippen molar-refractivity contribution in [3.05, 3.63) is 76.1 Å². The molecule has 0 saturated carbocycles. The highest BCUT2D eigenvalue weighted by molar-refractivity contribution is 6.30. The Morgan fingerprint density at radius 3 is 2.67 bits per heavy atom. The summed E-state index contributed by atoms with van der Waals surface area (Å²) in [5, 5.41) is 10.7. The van der Waals surface area contributed by atoms with Crippen molar-refractivity contribution in [2.75, 3.05) is 11.4 Å². The highest BCUT2D eigenvalue weighted by Crippen LogP contribution is 2.58. The zero-order valence-electron chi connectivity index (χ0n) is 16.2. The highest BCUT2D eigenvalue weighted by Gasteiger charge is 2.67. The summed E-state index contributed by atoms with van der Waals surface area (Å²) in [6, 6.07) is 16.9. The molecule has 4 N–H and O–H groups in total. The number of para-hydroxylation sites is 1. The Kier molecular flexibility index (Phi) is 4.26. The van der Waals surface area contributed by atoms with Crippen LogP contribution in [-0.2, 0) is 14.9 Å². The molecule has 152 valence electrons. The number of ether oxygens (including phenoxy) is 1. The van der Waals surface area contributed by atoms with Crippen molar-refractivity contribution >= 4 is 23.2 Å². The van der Waals surface area contributed by atoms with Crippen LogP contribution >= 0.6 is 11.6 Å². The number of rotatable bonds is 2. The molecule has 5 rings (SSSR count). The van der Waals surface area contributed by atoms with Gasteiger partial charge in [0.15, 0.2) is 6.23 Å². The molecule has 30 heavy (non-hydrogen) atoms. The third-order valence-electron chi connectivity index (χ3n) is 6.32. The first-order valence-electron chi connectivity index (χ1n) is 9.79. The van der Waals surface area contributed by atoms with E-state index in [4.69, 9.17) is 22.1 Å². The summed E-state index contributed by atoms with van der Waals surface area (Å²) >= 11 is 6.08. The van der Waals surface area contributed by atoms with Crippen LogP contribution in [0.5, 0.6) is 0 Å². The summed E-state index contributed by atoms with van der Waals surface area (Å²) in [6.45, 7) is 2.41. The SMILES string of the molecule is CCN1C(=O)C2(C(C#N)=C(N)OC3NNC(c4ccc(Cl)cc4)C32)c2ccccc21. The van der Waals surface area contributed by atoms with Gasteiger partial charge in [-0.15, -0.1) is 0 Å². The topological polar surface area (TPSA) is 103 Å². The third-order valence-corrected chi connectivity index (χ3v) is 6.57. The number of hydrogen-bond donors (Lipinski definition) is 3. The van der Waals surface area contributed by atoms with Gasteiger partial charge in [-0.3, -0.25) is 4.79 Å². The van der Waals surface area contributed by atoms with E-state index in [1.54, 1.807) is 17.0 Å². The van der Waals surface area contributed by atoms with E-state index in [-0.39, 0.29) is 23.4 Å². The van der Waals surface area contributed by atoms with E-state index < -0.39 is 17.6 Å². The summed E-state index contributed by atoms with van der Waals surface area (Å²) < 4.78 is 5.87. The van der Waals surface area contributed by atoms with Gasteiger partial charge in [-0.05, 0) is 36.2 Å². The Morgan fingerprint density at radius 1 is 1.23 bits per heavy atom. The number of fused-ring (bicyclic) bond motifs is 4. The molecule has 1 fully saturated rings. The van der Waals surface area contributed by atoms with E-state index >= 15 is 0 Å². The van der Waals surface area contributed by atoms with Crippen molar-refractivity contribution in [3.8, 4) is 6.07 Å². The lowest BCUT2D eigenvalue weighted by Gasteiger charge is -2.42. The van der Waals surface area contributed by atoms with Crippen molar-refractivity contribution < 1.29 is 9.53 Å². The van der Waals surface area contributed by atoms with Gasteiger partial charge in [-0.1, -0.05) is 41.9 Å². The maximum absolute atomic E-state index is 14.0. The monoisotopic (exact) mass is 421 g/mol. The summed E-state index contributed by atoms with van der Waals surface area (Å²) in [5.74, 6) is -0.620. The van der Waals surface area contributed by atoms with Crippen LogP contribution in [0.4, 0.5) is 5.69 Å². The van der Waals surface area contributed by atoms with Gasteiger partial charge >= 0.3 is 0 Å². The molecule has 3 aliphatic rings. The number of anilines is 1. The van der Waals surface area contributed by atoms with Crippen LogP contribution in [0.15, 0.2) is 60.0 Å². The van der Waals surface area contributed by atoms with E-state index in [0.29, 0.717) is 11.6 Å². The van der Waals surface area contributed by atoms with E-state index in [1.807, 2.05) is 43.3 Å². The molecule has 4 atom stereocenters. The summed E-state index contributed by atoms with van der Waals surface area (Å²) in [7, 11) is 0. The second-order valence-electron chi connectivity index (χ2n) is 7.61. The Hall–Kier alpha value is -3.05. The molecule has 0 radical (unpaired) electrons. The number of carbonyl (C=O) groups is 1. The number of nitrogens with two attached hydrogens (primary N) is 1. The molecule has 1 spiro atoms. The predicted molar refractivity (Wildman–Crippen MR) is 112 cm³/mol. The molecule has 3 heterocycles. The molecule has 8 heteroatoms. The number of halogens is 1. The Bertz CT molecular complexity index is 1110. The third kappa shape index (κ3) is 2.30. The number of nitrogens with zero attached hydrogens (tertiary/aromatic N) is 2. The van der Waals surface area contributed by atoms with Crippen molar-refractivity contribution in [1.29, 1.82) is 5.26 Å². The first kappa shape index (κ1) is 18.9. The van der Waals surface area contributed by atoms with E-state index in [1.165, 1.54) is 0 Å². The average molecular weight is 422 g/mol. The lowest BCUT2D eigenvalue weighted by atomic mass is 9.62. The first-order chi connectivity index (χ1) is 14.5. The van der Waals surface area contributed by atoms with E-state index in [9.17, 15) is 10.1 Å². The Morgan fingerprint density at radius 2 is 1.97 bits per heavy atom. The summed E-state index contributed by atoms with van der Waals surface area (Å²) in [5.41, 5.74) is 14.0. The molecule has 7 nitrogen and oxygen atoms in total. The molecule has 1 amide bonds. The molecule has 1 saturated heterocycles. The lowest BCUT2D eigenvalue weighted by Crippen LogP contribution is -2.56. The molecule has 3 aliphatic heterocycles. The highest BCUT2D eigenvalue weighted by atomic mass is 35.5. The first-order valence-corrected chi connectivity index (χ1v) is 10.2. The molecule has 2 aromatic rings. The Labute approximate surface area is 179 Å². The van der Waals surface area contributed by atoms with Gasteiger partial charge in [0.05, 0.1) is 12.0 Å². The van der Waals surface area contributed by atoms with Gasteiger partial charge in [0, 0.05) is 17.3 Å². The van der Waals surface area contributed by atoms with Gasteiger partial charge < -0.3 is 15.4 Å². The van der Waals surface area contributed by atoms with Gasteiger partial charge in [0.25, 0.3) is 0 Å². The largest absolute Gasteiger partial charge is 0.458 e. The normalized spacial score (nSPS) is 29.6. The van der Waals surface area contributed by atoms with Crippen LogP contribution in [-0.4, -0.2) is 18.7 Å². The number of nitriles is 1. The standard InChI is InChI=1S/C22H20ClN5O2/c1-2-28-16-6-4-3-5-14(16)22(21(28)29)15(11-24)19(25)30-20-17(22)18(26-27-20)12-7-9-13(23)10-8-12/h3-10,17-18,20,26-27H,2,25H2,1H3. The number of hydrazine groups is 1. The lowest BCUT2D eigenvalue weighted by molar-refractivity contribution is -0.127. The molecular formula is C22H20ClN5O2. The Balaban J connectivity index is 1.79. The van der Waals surface area contributed by atoms with Crippen LogP contribution in [0.3, 0.4) is 0 Å². The molecule has 0 aromatic heterocycles. The fraction of sp³-hybridized carbons (Fsp3) is 0.273. The number of likely N-dealkylation sites (N-methyl/N-ethyl adjacent to an activating group) is 1. The van der Waals surface area contributed by atoms with Crippen LogP contribution < -0.4 is 21.5 Å². The van der Waals surface area contributed by atoms with E-state index in [0.717, 1.165) is 16.8 Å². The van der Waals surface area contributed by atoms with Gasteiger partial charge in [0.2, 0.25) is 11.8 Å². The minimum atomic E-state index is -1.25. The number of benzene rings is 2. The van der Waals surface area contributed by atoms with Gasteiger partial charge in [0.1, 0.15) is 17.1 Å². The molecule has 0 bridgehead atoms. The molecule has 4 unspecified atom stereocenters. The number of hydrogen-bond acceptors (Lipinski definition) is 6. The van der Waals surface area contributed by atoms with Crippen LogP contribution in [0, 0.1) is 17.2 Å². The number of carbonyl (C=O) groups excluding carboxylic acids is 1. The predicted octanol–water partition coefficient (Wildman–Crippen LogP) is 2.46. The fourth-order valence-corrected chi connectivity index (χ4v) is 5.25. The average Bonchev–Trinajstić information content (AvgIpc) is 3.27. The van der Waals surface area contributed by atoms with Crippen molar-refractivity contribution in [1.82, 2.24) is 10.9 Å². The number of nitrogens with one attached hydrogen (secondary N) is 2. The van der Waals surface area contributed by atoms with Gasteiger partial charge in [-0.25, -0.2) is 10.9 Å². The van der Waals surface area contributed by atoms with Crippen LogP contribution in [0.1, 0.15) is 24.1 Å². The smallest absolute Gasteiger partial charge is 0.243 e. The van der Waals surface area contributed by atoms with Crippen molar-refractivity contribution in [2.24, 2.45) is 11.7 Å². The second-order valence-corrected chi connectivity index (χ2v) is 8.04. The molecule has 0 aliphatic carbocycles. The van der Waals surface area contributed by atoms with Gasteiger partial charge in [-0.2, -0.15) is 5.26 Å². The maximum Gasteiger partial charge on any atom is 0.243 e. The zero-order valence-corrected chi connectivity index (χ0v) is 17.0. The summed E-state index contributed by atoms with van der Waals surface area (Å²) in [4.78, 5) is 15.7. The van der Waals surface area contributed by atoms with Crippen LogP contribution in [0.2, 0.25) is 5.02 Å². The minimum Gasteiger partial charge on any atom is -0.458 e. The summed E-state index contributed by atoms with van der Waals surface area (Å²) in [6.07, 6.45) is -0.586. The quantitative estimate of drug-likeness (QED) is 0.688.